The van der Waals surface area contributed by atoms with Gasteiger partial charge in [-0.1, -0.05) is 29.3 Å². The summed E-state index contributed by atoms with van der Waals surface area (Å²) in [5, 5.41) is 9.66. The van der Waals surface area contributed by atoms with Crippen molar-refractivity contribution in [1.29, 1.82) is 0 Å². The van der Waals surface area contributed by atoms with Gasteiger partial charge in [0.15, 0.2) is 0 Å². The molecule has 1 aromatic carbocycles. The van der Waals surface area contributed by atoms with E-state index in [9.17, 15) is 9.59 Å². The molecule has 1 aromatic rings. The zero-order valence-corrected chi connectivity index (χ0v) is 12.7. The van der Waals surface area contributed by atoms with E-state index in [2.05, 4.69) is 0 Å². The van der Waals surface area contributed by atoms with Crippen LogP contribution in [-0.4, -0.2) is 35.5 Å². The van der Waals surface area contributed by atoms with Gasteiger partial charge >= 0.3 is 5.97 Å². The maximum atomic E-state index is 11.9. The average molecular weight is 318 g/mol. The lowest BCUT2D eigenvalue weighted by atomic mass is 10.1. The van der Waals surface area contributed by atoms with Gasteiger partial charge in [0.05, 0.1) is 0 Å². The average Bonchev–Trinajstić information content (AvgIpc) is 2.36. The molecule has 0 atom stereocenters. The number of nitrogens with zero attached hydrogens (tertiary/aromatic N) is 1. The molecular formula is C14H17Cl2NO3. The van der Waals surface area contributed by atoms with E-state index < -0.39 is 5.97 Å². The van der Waals surface area contributed by atoms with E-state index >= 15 is 0 Å². The maximum absolute atomic E-state index is 11.9. The predicted molar refractivity (Wildman–Crippen MR) is 79.3 cm³/mol. The largest absolute Gasteiger partial charge is 0.481 e. The summed E-state index contributed by atoms with van der Waals surface area (Å²) >= 11 is 11.8. The molecular weight excluding hydrogens is 301 g/mol. The van der Waals surface area contributed by atoms with E-state index in [4.69, 9.17) is 28.3 Å². The molecule has 0 aliphatic heterocycles. The SMILES string of the molecule is CN(CCCC(=O)O)C(=O)CCc1ccc(Cl)cc1Cl. The Morgan fingerprint density at radius 2 is 1.95 bits per heavy atom. The van der Waals surface area contributed by atoms with Crippen LogP contribution in [0.15, 0.2) is 18.2 Å². The fraction of sp³-hybridized carbons (Fsp3) is 0.429. The van der Waals surface area contributed by atoms with Gasteiger partial charge in [0.25, 0.3) is 0 Å². The highest BCUT2D eigenvalue weighted by molar-refractivity contribution is 6.35. The molecule has 4 nitrogen and oxygen atoms in total. The highest BCUT2D eigenvalue weighted by atomic mass is 35.5. The Hall–Kier alpha value is -1.26. The number of carbonyl (C=O) groups excluding carboxylic acids is 1. The molecule has 0 aliphatic rings. The molecule has 0 aromatic heterocycles. The smallest absolute Gasteiger partial charge is 0.303 e. The molecule has 0 spiro atoms. The number of hydrogen-bond donors (Lipinski definition) is 1. The summed E-state index contributed by atoms with van der Waals surface area (Å²) in [7, 11) is 1.67. The molecule has 0 bridgehead atoms. The summed E-state index contributed by atoms with van der Waals surface area (Å²) in [6.07, 6.45) is 1.41. The Labute approximate surface area is 128 Å². The molecule has 0 saturated heterocycles. The predicted octanol–water partition coefficient (Wildman–Crippen LogP) is 3.25. The van der Waals surface area contributed by atoms with Gasteiger partial charge in [-0.2, -0.15) is 0 Å². The van der Waals surface area contributed by atoms with Crippen molar-refractivity contribution in [2.24, 2.45) is 0 Å². The quantitative estimate of drug-likeness (QED) is 0.839. The van der Waals surface area contributed by atoms with Gasteiger partial charge in [-0.15, -0.1) is 0 Å². The normalized spacial score (nSPS) is 10.3. The van der Waals surface area contributed by atoms with Crippen molar-refractivity contribution >= 4 is 35.1 Å². The van der Waals surface area contributed by atoms with Crippen LogP contribution >= 0.6 is 23.2 Å². The minimum Gasteiger partial charge on any atom is -0.481 e. The summed E-state index contributed by atoms with van der Waals surface area (Å²) in [6.45, 7) is 0.444. The van der Waals surface area contributed by atoms with Crippen LogP contribution in [0, 0.1) is 0 Å². The molecule has 0 saturated carbocycles. The third-order valence-electron chi connectivity index (χ3n) is 2.93. The number of carbonyl (C=O) groups is 2. The Bertz CT molecular complexity index is 491. The van der Waals surface area contributed by atoms with E-state index in [0.717, 1.165) is 5.56 Å². The molecule has 0 heterocycles. The lowest BCUT2D eigenvalue weighted by Crippen LogP contribution is -2.28. The van der Waals surface area contributed by atoms with E-state index in [1.54, 1.807) is 24.1 Å². The molecule has 0 fully saturated rings. The van der Waals surface area contributed by atoms with Crippen LogP contribution in [0.1, 0.15) is 24.8 Å². The fourth-order valence-electron chi connectivity index (χ4n) is 1.75. The van der Waals surface area contributed by atoms with Crippen molar-refractivity contribution in [1.82, 2.24) is 4.90 Å². The van der Waals surface area contributed by atoms with E-state index in [-0.39, 0.29) is 12.3 Å². The number of hydrogen-bond acceptors (Lipinski definition) is 2. The molecule has 0 aliphatic carbocycles. The first-order valence-corrected chi connectivity index (χ1v) is 7.05. The fourth-order valence-corrected chi connectivity index (χ4v) is 2.25. The van der Waals surface area contributed by atoms with Gasteiger partial charge in [0, 0.05) is 36.5 Å². The second-order valence-corrected chi connectivity index (χ2v) is 5.39. The Morgan fingerprint density at radius 3 is 2.55 bits per heavy atom. The van der Waals surface area contributed by atoms with Gasteiger partial charge in [-0.05, 0) is 30.5 Å². The lowest BCUT2D eigenvalue weighted by molar-refractivity contribution is -0.138. The van der Waals surface area contributed by atoms with Crippen LogP contribution < -0.4 is 0 Å². The van der Waals surface area contributed by atoms with Crippen LogP contribution in [0.4, 0.5) is 0 Å². The Kier molecular flexibility index (Phi) is 6.82. The third-order valence-corrected chi connectivity index (χ3v) is 3.52. The van der Waals surface area contributed by atoms with Crippen molar-refractivity contribution < 1.29 is 14.7 Å². The van der Waals surface area contributed by atoms with Crippen LogP contribution in [0.5, 0.6) is 0 Å². The first-order chi connectivity index (χ1) is 9.40. The van der Waals surface area contributed by atoms with Gasteiger partial charge < -0.3 is 10.0 Å². The minimum atomic E-state index is -0.848. The number of carboxylic acid groups (broad SMARTS) is 1. The number of aryl methyl sites for hydroxylation is 1. The van der Waals surface area contributed by atoms with Gasteiger partial charge in [-0.25, -0.2) is 0 Å². The molecule has 1 amide bonds. The van der Waals surface area contributed by atoms with Crippen molar-refractivity contribution in [3.63, 3.8) is 0 Å². The highest BCUT2D eigenvalue weighted by Crippen LogP contribution is 2.22. The third kappa shape index (κ3) is 5.80. The number of benzene rings is 1. The zero-order valence-electron chi connectivity index (χ0n) is 11.2. The van der Waals surface area contributed by atoms with Gasteiger partial charge in [-0.3, -0.25) is 9.59 Å². The molecule has 20 heavy (non-hydrogen) atoms. The van der Waals surface area contributed by atoms with Crippen molar-refractivity contribution in [2.75, 3.05) is 13.6 Å². The van der Waals surface area contributed by atoms with Crippen molar-refractivity contribution in [3.05, 3.63) is 33.8 Å². The van der Waals surface area contributed by atoms with Crippen molar-refractivity contribution in [2.45, 2.75) is 25.7 Å². The molecule has 0 unspecified atom stereocenters. The van der Waals surface area contributed by atoms with Gasteiger partial charge in [0.1, 0.15) is 0 Å². The molecule has 0 radical (unpaired) electrons. The lowest BCUT2D eigenvalue weighted by Gasteiger charge is -2.16. The van der Waals surface area contributed by atoms with Gasteiger partial charge in [0.2, 0.25) is 5.91 Å². The number of amides is 1. The summed E-state index contributed by atoms with van der Waals surface area (Å²) < 4.78 is 0. The number of halogens is 2. The topological polar surface area (TPSA) is 57.6 Å². The number of carboxylic acids is 1. The molecule has 6 heteroatoms. The first-order valence-electron chi connectivity index (χ1n) is 6.30. The second-order valence-electron chi connectivity index (χ2n) is 4.55. The first kappa shape index (κ1) is 16.8. The molecule has 1 N–H and O–H groups in total. The van der Waals surface area contributed by atoms with Crippen molar-refractivity contribution in [3.8, 4) is 0 Å². The zero-order chi connectivity index (χ0) is 15.1. The van der Waals surface area contributed by atoms with E-state index in [1.807, 2.05) is 6.07 Å². The van der Waals surface area contributed by atoms with Crippen LogP contribution in [-0.2, 0) is 16.0 Å². The highest BCUT2D eigenvalue weighted by Gasteiger charge is 2.10. The van der Waals surface area contributed by atoms with E-state index in [0.29, 0.717) is 35.9 Å². The van der Waals surface area contributed by atoms with Crippen LogP contribution in [0.2, 0.25) is 10.0 Å². The second kappa shape index (κ2) is 8.12. The monoisotopic (exact) mass is 317 g/mol. The summed E-state index contributed by atoms with van der Waals surface area (Å²) in [4.78, 5) is 23.8. The summed E-state index contributed by atoms with van der Waals surface area (Å²) in [5.74, 6) is -0.875. The number of rotatable bonds is 7. The van der Waals surface area contributed by atoms with Crippen LogP contribution in [0.3, 0.4) is 0 Å². The molecule has 110 valence electrons. The molecule has 1 rings (SSSR count). The summed E-state index contributed by atoms with van der Waals surface area (Å²) in [6, 6.07) is 5.20. The minimum absolute atomic E-state index is 0.0265. The Morgan fingerprint density at radius 1 is 1.25 bits per heavy atom. The Balaban J connectivity index is 2.40. The van der Waals surface area contributed by atoms with E-state index in [1.165, 1.54) is 0 Å². The number of aliphatic carboxylic acids is 1. The summed E-state index contributed by atoms with van der Waals surface area (Å²) in [5.41, 5.74) is 0.878. The maximum Gasteiger partial charge on any atom is 0.303 e. The van der Waals surface area contributed by atoms with Crippen LogP contribution in [0.25, 0.3) is 0 Å². The standard InChI is InChI=1S/C14H17Cl2NO3/c1-17(8-2-3-14(19)20)13(18)7-5-10-4-6-11(15)9-12(10)16/h4,6,9H,2-3,5,7-8H2,1H3,(H,19,20).